The summed E-state index contributed by atoms with van der Waals surface area (Å²) in [5.41, 5.74) is 3.12. The van der Waals surface area contributed by atoms with Crippen LogP contribution >= 0.6 is 0 Å². The third-order valence-electron chi connectivity index (χ3n) is 6.72. The first-order valence-corrected chi connectivity index (χ1v) is 12.1. The Hall–Kier alpha value is -4.40. The van der Waals surface area contributed by atoms with Crippen LogP contribution in [0.25, 0.3) is 22.6 Å². The predicted octanol–water partition coefficient (Wildman–Crippen LogP) is 6.00. The van der Waals surface area contributed by atoms with Gasteiger partial charge in [0.05, 0.1) is 10.5 Å². The summed E-state index contributed by atoms with van der Waals surface area (Å²) in [5.74, 6) is -0.106. The molecule has 3 aromatic carbocycles. The average molecular weight is 501 g/mol. The Bertz CT molecular complexity index is 1470. The summed E-state index contributed by atoms with van der Waals surface area (Å²) in [6, 6.07) is 17.8. The molecule has 2 heterocycles. The van der Waals surface area contributed by atoms with E-state index >= 15 is 0 Å². The zero-order valence-corrected chi connectivity index (χ0v) is 20.3. The quantitative estimate of drug-likeness (QED) is 0.238. The fraction of sp³-hybridized carbons (Fsp3) is 0.250. The Labute approximate surface area is 212 Å². The lowest BCUT2D eigenvalue weighted by molar-refractivity contribution is -0.384. The van der Waals surface area contributed by atoms with Crippen LogP contribution in [0.2, 0.25) is 0 Å². The number of non-ortho nitro benzene ring substituents is 1. The van der Waals surface area contributed by atoms with Crippen LogP contribution in [-0.4, -0.2) is 38.5 Å². The van der Waals surface area contributed by atoms with Crippen molar-refractivity contribution in [2.75, 3.05) is 6.54 Å². The van der Waals surface area contributed by atoms with Crippen LogP contribution in [0, 0.1) is 22.9 Å². The summed E-state index contributed by atoms with van der Waals surface area (Å²) < 4.78 is 19.4. The van der Waals surface area contributed by atoms with Crippen LogP contribution in [0.3, 0.4) is 0 Å². The van der Waals surface area contributed by atoms with Crippen molar-refractivity contribution in [3.63, 3.8) is 0 Å². The highest BCUT2D eigenvalue weighted by Crippen LogP contribution is 2.33. The van der Waals surface area contributed by atoms with Crippen molar-refractivity contribution in [3.05, 3.63) is 99.7 Å². The highest BCUT2D eigenvalue weighted by molar-refractivity contribution is 6.02. The maximum absolute atomic E-state index is 13.9. The average Bonchev–Trinajstić information content (AvgIpc) is 3.37. The number of nitro groups is 1. The van der Waals surface area contributed by atoms with Crippen molar-refractivity contribution in [1.82, 2.24) is 15.1 Å². The van der Waals surface area contributed by atoms with Gasteiger partial charge in [0, 0.05) is 36.7 Å². The summed E-state index contributed by atoms with van der Waals surface area (Å²) in [7, 11) is 0. The van der Waals surface area contributed by atoms with Gasteiger partial charge < -0.3 is 9.32 Å². The molecule has 0 N–H and O–H groups in total. The molecule has 0 unspecified atom stereocenters. The normalized spacial score (nSPS) is 15.5. The highest BCUT2D eigenvalue weighted by Gasteiger charge is 2.31. The van der Waals surface area contributed by atoms with Crippen molar-refractivity contribution in [2.45, 2.75) is 38.6 Å². The summed E-state index contributed by atoms with van der Waals surface area (Å²) in [5, 5.41) is 19.7. The molecule has 0 bridgehead atoms. The minimum absolute atomic E-state index is 0.133. The van der Waals surface area contributed by atoms with Gasteiger partial charge in [-0.05, 0) is 67.1 Å². The zero-order chi connectivity index (χ0) is 25.9. The molecule has 188 valence electrons. The molecule has 1 aromatic heterocycles. The Morgan fingerprint density at radius 1 is 1.08 bits per heavy atom. The van der Waals surface area contributed by atoms with E-state index in [-0.39, 0.29) is 23.5 Å². The molecular weight excluding hydrogens is 475 g/mol. The molecule has 37 heavy (non-hydrogen) atoms. The number of halogens is 1. The van der Waals surface area contributed by atoms with Crippen molar-refractivity contribution >= 4 is 11.6 Å². The van der Waals surface area contributed by atoms with Crippen molar-refractivity contribution in [3.8, 4) is 22.6 Å². The lowest BCUT2D eigenvalue weighted by Crippen LogP contribution is -2.45. The molecule has 1 amide bonds. The molecule has 0 saturated carbocycles. The molecule has 0 radical (unpaired) electrons. The van der Waals surface area contributed by atoms with E-state index < -0.39 is 10.7 Å². The summed E-state index contributed by atoms with van der Waals surface area (Å²) in [4.78, 5) is 26.8. The molecule has 0 spiro atoms. The number of nitro benzene ring substituents is 1. The lowest BCUT2D eigenvalue weighted by Gasteiger charge is -2.35. The number of aryl methyl sites for hydroxylation is 1. The van der Waals surface area contributed by atoms with Crippen LogP contribution in [0.5, 0.6) is 0 Å². The van der Waals surface area contributed by atoms with Crippen molar-refractivity contribution < 1.29 is 18.5 Å². The van der Waals surface area contributed by atoms with Crippen molar-refractivity contribution in [2.24, 2.45) is 0 Å². The van der Waals surface area contributed by atoms with Gasteiger partial charge in [-0.15, -0.1) is 10.2 Å². The van der Waals surface area contributed by atoms with Gasteiger partial charge in [0.25, 0.3) is 11.6 Å². The van der Waals surface area contributed by atoms with Crippen LogP contribution in [0.4, 0.5) is 10.1 Å². The van der Waals surface area contributed by atoms with Crippen LogP contribution in [0.15, 0.2) is 71.1 Å². The molecule has 1 aliphatic rings. The van der Waals surface area contributed by atoms with Crippen LogP contribution in [0.1, 0.15) is 41.1 Å². The molecule has 1 atom stereocenters. The number of carbonyl (C=O) groups is 1. The number of rotatable bonds is 6. The SMILES string of the molecule is Cc1ccccc1-c1ccc([N+](=O)[O-])cc1C(=O)N1CCCC[C@H]1Cc1nnc(-c2cccc(F)c2)o1. The van der Waals surface area contributed by atoms with E-state index in [1.807, 2.05) is 31.2 Å². The zero-order valence-electron chi connectivity index (χ0n) is 20.3. The summed E-state index contributed by atoms with van der Waals surface area (Å²) in [6.07, 6.45) is 2.83. The van der Waals surface area contributed by atoms with E-state index in [2.05, 4.69) is 10.2 Å². The topological polar surface area (TPSA) is 102 Å². The van der Waals surface area contributed by atoms with Gasteiger partial charge in [0.2, 0.25) is 11.8 Å². The number of carbonyl (C=O) groups excluding carboxylic acids is 1. The molecule has 9 heteroatoms. The Kier molecular flexibility index (Phi) is 6.76. The molecule has 8 nitrogen and oxygen atoms in total. The standard InChI is InChI=1S/C28H25FN4O4/c1-18-7-2-3-11-23(18)24-13-12-22(33(35)36)16-25(24)28(34)32-14-5-4-10-21(32)17-26-30-31-27(37-26)19-8-6-9-20(29)15-19/h2-3,6-9,11-13,15-16,21H,4-5,10,14,17H2,1H3/t21-/m0/s1. The molecule has 1 fully saturated rings. The summed E-state index contributed by atoms with van der Waals surface area (Å²) >= 11 is 0. The maximum Gasteiger partial charge on any atom is 0.270 e. The second-order valence-corrected chi connectivity index (χ2v) is 9.17. The molecule has 1 aliphatic heterocycles. The fourth-order valence-electron chi connectivity index (χ4n) is 4.84. The second-order valence-electron chi connectivity index (χ2n) is 9.17. The minimum atomic E-state index is -0.488. The van der Waals surface area contributed by atoms with E-state index in [9.17, 15) is 19.3 Å². The van der Waals surface area contributed by atoms with Gasteiger partial charge in [0.15, 0.2) is 0 Å². The van der Waals surface area contributed by atoms with E-state index in [0.29, 0.717) is 35.5 Å². The van der Waals surface area contributed by atoms with Gasteiger partial charge in [-0.1, -0.05) is 30.3 Å². The van der Waals surface area contributed by atoms with Crippen LogP contribution < -0.4 is 0 Å². The first kappa shape index (κ1) is 24.3. The molecule has 5 rings (SSSR count). The number of amides is 1. The smallest absolute Gasteiger partial charge is 0.270 e. The van der Waals surface area contributed by atoms with Gasteiger partial charge in [-0.2, -0.15) is 0 Å². The number of aromatic nitrogens is 2. The minimum Gasteiger partial charge on any atom is -0.421 e. The maximum atomic E-state index is 13.9. The van der Waals surface area contributed by atoms with Gasteiger partial charge in [0.1, 0.15) is 5.82 Å². The second kappa shape index (κ2) is 10.3. The molecule has 1 saturated heterocycles. The summed E-state index contributed by atoms with van der Waals surface area (Å²) in [6.45, 7) is 2.46. The van der Waals surface area contributed by atoms with E-state index in [1.54, 1.807) is 23.1 Å². The molecule has 4 aromatic rings. The first-order valence-electron chi connectivity index (χ1n) is 12.1. The van der Waals surface area contributed by atoms with Gasteiger partial charge >= 0.3 is 0 Å². The van der Waals surface area contributed by atoms with E-state index in [4.69, 9.17) is 4.42 Å². The Morgan fingerprint density at radius 3 is 2.70 bits per heavy atom. The monoisotopic (exact) mass is 500 g/mol. The first-order chi connectivity index (χ1) is 17.9. The highest BCUT2D eigenvalue weighted by atomic mass is 19.1. The van der Waals surface area contributed by atoms with Gasteiger partial charge in [-0.25, -0.2) is 4.39 Å². The predicted molar refractivity (Wildman–Crippen MR) is 135 cm³/mol. The molecule has 0 aliphatic carbocycles. The van der Waals surface area contributed by atoms with Crippen LogP contribution in [-0.2, 0) is 6.42 Å². The molecular formula is C28H25FN4O4. The lowest BCUT2D eigenvalue weighted by atomic mass is 9.93. The van der Waals surface area contributed by atoms with E-state index in [0.717, 1.165) is 30.4 Å². The largest absolute Gasteiger partial charge is 0.421 e. The van der Waals surface area contributed by atoms with Gasteiger partial charge in [-0.3, -0.25) is 14.9 Å². The number of hydrogen-bond donors (Lipinski definition) is 0. The Morgan fingerprint density at radius 2 is 1.92 bits per heavy atom. The fourth-order valence-corrected chi connectivity index (χ4v) is 4.84. The van der Waals surface area contributed by atoms with Crippen molar-refractivity contribution in [1.29, 1.82) is 0 Å². The Balaban J connectivity index is 1.46. The number of nitrogens with zero attached hydrogens (tertiary/aromatic N) is 4. The number of hydrogen-bond acceptors (Lipinski definition) is 6. The number of piperidine rings is 1. The third-order valence-corrected chi connectivity index (χ3v) is 6.72. The van der Waals surface area contributed by atoms with E-state index in [1.165, 1.54) is 24.3 Å². The number of likely N-dealkylation sites (tertiary alicyclic amines) is 1. The third kappa shape index (κ3) is 5.11. The number of benzene rings is 3.